The Hall–Kier alpha value is -0.830. The van der Waals surface area contributed by atoms with Crippen LogP contribution in [0.3, 0.4) is 0 Å². The van der Waals surface area contributed by atoms with E-state index in [-0.39, 0.29) is 6.10 Å². The largest absolute Gasteiger partial charge is 0.393 e. The molecule has 96 valence electrons. The van der Waals surface area contributed by atoms with Gasteiger partial charge in [0.2, 0.25) is 0 Å². The van der Waals surface area contributed by atoms with Crippen LogP contribution in [0.1, 0.15) is 63.6 Å². The Morgan fingerprint density at radius 1 is 1.41 bits per heavy atom. The van der Waals surface area contributed by atoms with Crippen molar-refractivity contribution in [2.24, 2.45) is 0 Å². The van der Waals surface area contributed by atoms with Crippen molar-refractivity contribution in [2.45, 2.75) is 70.4 Å². The molecule has 1 atom stereocenters. The topological polar surface area (TPSA) is 38.0 Å². The van der Waals surface area contributed by atoms with Crippen molar-refractivity contribution in [3.05, 3.63) is 18.0 Å². The van der Waals surface area contributed by atoms with Gasteiger partial charge in [0.1, 0.15) is 0 Å². The van der Waals surface area contributed by atoms with Gasteiger partial charge in [-0.25, -0.2) is 0 Å². The van der Waals surface area contributed by atoms with Crippen molar-refractivity contribution in [3.63, 3.8) is 0 Å². The Morgan fingerprint density at radius 2 is 2.18 bits per heavy atom. The summed E-state index contributed by atoms with van der Waals surface area (Å²) in [5.41, 5.74) is 1.18. The van der Waals surface area contributed by atoms with Gasteiger partial charge in [-0.3, -0.25) is 4.68 Å². The van der Waals surface area contributed by atoms with E-state index >= 15 is 0 Å². The number of aliphatic hydroxyl groups is 1. The highest BCUT2D eigenvalue weighted by molar-refractivity contribution is 5.00. The molecule has 0 amide bonds. The first-order valence-electron chi connectivity index (χ1n) is 6.98. The first-order chi connectivity index (χ1) is 8.25. The van der Waals surface area contributed by atoms with Crippen LogP contribution >= 0.6 is 0 Å². The van der Waals surface area contributed by atoms with E-state index in [4.69, 9.17) is 0 Å². The minimum Gasteiger partial charge on any atom is -0.393 e. The van der Waals surface area contributed by atoms with Gasteiger partial charge in [0.15, 0.2) is 0 Å². The van der Waals surface area contributed by atoms with Crippen molar-refractivity contribution >= 4 is 0 Å². The Bertz CT molecular complexity index is 327. The summed E-state index contributed by atoms with van der Waals surface area (Å²) >= 11 is 0. The molecule has 1 saturated carbocycles. The molecule has 1 aromatic rings. The van der Waals surface area contributed by atoms with E-state index < -0.39 is 0 Å². The summed E-state index contributed by atoms with van der Waals surface area (Å²) in [4.78, 5) is 0. The predicted octanol–water partition coefficient (Wildman–Crippen LogP) is 3.09. The van der Waals surface area contributed by atoms with Crippen LogP contribution in [0.4, 0.5) is 0 Å². The molecule has 0 saturated heterocycles. The van der Waals surface area contributed by atoms with Crippen LogP contribution in [-0.4, -0.2) is 21.0 Å². The zero-order valence-electron chi connectivity index (χ0n) is 10.8. The van der Waals surface area contributed by atoms with E-state index in [1.165, 1.54) is 37.8 Å². The second-order valence-corrected chi connectivity index (χ2v) is 5.32. The highest BCUT2D eigenvalue weighted by atomic mass is 16.3. The monoisotopic (exact) mass is 236 g/mol. The third-order valence-corrected chi connectivity index (χ3v) is 3.67. The normalized spacial score (nSPS) is 19.4. The molecule has 1 N–H and O–H groups in total. The lowest BCUT2D eigenvalue weighted by molar-refractivity contribution is 0.181. The van der Waals surface area contributed by atoms with Crippen LogP contribution in [0.2, 0.25) is 0 Å². The molecule has 1 heterocycles. The molecule has 0 bridgehead atoms. The summed E-state index contributed by atoms with van der Waals surface area (Å²) in [6.45, 7) is 1.85. The maximum Gasteiger partial charge on any atom is 0.0624 e. The third-order valence-electron chi connectivity index (χ3n) is 3.67. The summed E-state index contributed by atoms with van der Waals surface area (Å²) in [5, 5.41) is 13.9. The minimum absolute atomic E-state index is 0.185. The molecule has 1 aliphatic rings. The second-order valence-electron chi connectivity index (χ2n) is 5.32. The highest BCUT2D eigenvalue weighted by Gasteiger charge is 2.15. The maximum absolute atomic E-state index is 9.21. The standard InChI is InChI=1S/C14H24N2O/c1-12(17)6-5-7-13-10-11-16(15-13)14-8-3-2-4-9-14/h10-12,14,17H,2-9H2,1H3. The number of nitrogens with zero attached hydrogens (tertiary/aromatic N) is 2. The van der Waals surface area contributed by atoms with Gasteiger partial charge in [0.25, 0.3) is 0 Å². The fraction of sp³-hybridized carbons (Fsp3) is 0.786. The molecular weight excluding hydrogens is 212 g/mol. The smallest absolute Gasteiger partial charge is 0.0624 e. The number of aryl methyl sites for hydroxylation is 1. The Balaban J connectivity index is 1.82. The molecule has 1 aromatic heterocycles. The summed E-state index contributed by atoms with van der Waals surface area (Å²) in [7, 11) is 0. The van der Waals surface area contributed by atoms with E-state index in [1.54, 1.807) is 0 Å². The number of hydrogen-bond acceptors (Lipinski definition) is 2. The molecule has 3 heteroatoms. The molecule has 0 aliphatic heterocycles. The predicted molar refractivity (Wildman–Crippen MR) is 69.0 cm³/mol. The minimum atomic E-state index is -0.185. The molecule has 1 fully saturated rings. The molecule has 1 aliphatic carbocycles. The van der Waals surface area contributed by atoms with Crippen LogP contribution in [0.5, 0.6) is 0 Å². The maximum atomic E-state index is 9.21. The molecular formula is C14H24N2O. The van der Waals surface area contributed by atoms with E-state index in [9.17, 15) is 5.11 Å². The zero-order valence-corrected chi connectivity index (χ0v) is 10.8. The lowest BCUT2D eigenvalue weighted by Gasteiger charge is -2.21. The van der Waals surface area contributed by atoms with Crippen molar-refractivity contribution in [2.75, 3.05) is 0 Å². The fourth-order valence-corrected chi connectivity index (χ4v) is 2.64. The van der Waals surface area contributed by atoms with Crippen LogP contribution in [0.25, 0.3) is 0 Å². The first-order valence-corrected chi connectivity index (χ1v) is 6.98. The van der Waals surface area contributed by atoms with Gasteiger partial charge in [-0.2, -0.15) is 5.10 Å². The third kappa shape index (κ3) is 3.84. The van der Waals surface area contributed by atoms with Crippen molar-refractivity contribution in [3.8, 4) is 0 Å². The molecule has 3 nitrogen and oxygen atoms in total. The zero-order chi connectivity index (χ0) is 12.1. The van der Waals surface area contributed by atoms with Crippen molar-refractivity contribution in [1.82, 2.24) is 9.78 Å². The second kappa shape index (κ2) is 6.20. The van der Waals surface area contributed by atoms with E-state index in [0.717, 1.165) is 19.3 Å². The number of rotatable bonds is 5. The van der Waals surface area contributed by atoms with Gasteiger partial charge in [-0.1, -0.05) is 19.3 Å². The van der Waals surface area contributed by atoms with Crippen LogP contribution in [-0.2, 0) is 6.42 Å². The number of aliphatic hydroxyl groups excluding tert-OH is 1. The Morgan fingerprint density at radius 3 is 2.88 bits per heavy atom. The van der Waals surface area contributed by atoms with Gasteiger partial charge >= 0.3 is 0 Å². The van der Waals surface area contributed by atoms with E-state index in [1.807, 2.05) is 6.92 Å². The van der Waals surface area contributed by atoms with Crippen molar-refractivity contribution in [1.29, 1.82) is 0 Å². The molecule has 2 rings (SSSR count). The average molecular weight is 236 g/mol. The van der Waals surface area contributed by atoms with Gasteiger partial charge in [-0.15, -0.1) is 0 Å². The van der Waals surface area contributed by atoms with Crippen LogP contribution < -0.4 is 0 Å². The summed E-state index contributed by atoms with van der Waals surface area (Å²) in [5.74, 6) is 0. The number of aromatic nitrogens is 2. The summed E-state index contributed by atoms with van der Waals surface area (Å²) in [6.07, 6.45) is 11.5. The number of hydrogen-bond donors (Lipinski definition) is 1. The average Bonchev–Trinajstić information content (AvgIpc) is 2.78. The van der Waals surface area contributed by atoms with Gasteiger partial charge < -0.3 is 5.11 Å². The molecule has 1 unspecified atom stereocenters. The first kappa shape index (κ1) is 12.6. The quantitative estimate of drug-likeness (QED) is 0.853. The van der Waals surface area contributed by atoms with E-state index in [0.29, 0.717) is 6.04 Å². The van der Waals surface area contributed by atoms with Crippen LogP contribution in [0.15, 0.2) is 12.3 Å². The van der Waals surface area contributed by atoms with Gasteiger partial charge in [0.05, 0.1) is 17.8 Å². The van der Waals surface area contributed by atoms with Crippen LogP contribution in [0, 0.1) is 0 Å². The Kier molecular flexibility index (Phi) is 4.60. The van der Waals surface area contributed by atoms with Gasteiger partial charge in [0, 0.05) is 6.20 Å². The molecule has 0 radical (unpaired) electrons. The SMILES string of the molecule is CC(O)CCCc1ccn(C2CCCCC2)n1. The van der Waals surface area contributed by atoms with Gasteiger partial charge in [-0.05, 0) is 45.1 Å². The van der Waals surface area contributed by atoms with Crippen molar-refractivity contribution < 1.29 is 5.11 Å². The van der Waals surface area contributed by atoms with E-state index in [2.05, 4.69) is 22.0 Å². The highest BCUT2D eigenvalue weighted by Crippen LogP contribution is 2.27. The lowest BCUT2D eigenvalue weighted by Crippen LogP contribution is -2.13. The fourth-order valence-electron chi connectivity index (χ4n) is 2.64. The molecule has 17 heavy (non-hydrogen) atoms. The summed E-state index contributed by atoms with van der Waals surface area (Å²) < 4.78 is 2.16. The summed E-state index contributed by atoms with van der Waals surface area (Å²) in [6, 6.07) is 2.77. The molecule has 0 spiro atoms. The molecule has 0 aromatic carbocycles. The Labute approximate surface area is 104 Å². The lowest BCUT2D eigenvalue weighted by atomic mass is 9.96.